The molecule has 0 radical (unpaired) electrons. The predicted molar refractivity (Wildman–Crippen MR) is 63.4 cm³/mol. The number of alkyl carbamates (subject to hydrolysis) is 1. The van der Waals surface area contributed by atoms with Crippen LogP contribution < -0.4 is 11.1 Å². The fourth-order valence-corrected chi connectivity index (χ4v) is 1.50. The molecule has 0 aromatic heterocycles. The van der Waals surface area contributed by atoms with E-state index in [1.807, 2.05) is 0 Å². The van der Waals surface area contributed by atoms with Crippen molar-refractivity contribution in [3.8, 4) is 0 Å². The molecule has 1 aromatic rings. The number of nitrogens with one attached hydrogen (secondary N) is 1. The zero-order chi connectivity index (χ0) is 13.5. The smallest absolute Gasteiger partial charge is 0.407 e. The lowest BCUT2D eigenvalue weighted by Crippen LogP contribution is -2.33. The van der Waals surface area contributed by atoms with Crippen molar-refractivity contribution >= 4 is 6.09 Å². The highest BCUT2D eigenvalue weighted by Crippen LogP contribution is 2.22. The second-order valence-corrected chi connectivity index (χ2v) is 3.62. The quantitative estimate of drug-likeness (QED) is 0.852. The molecule has 0 aliphatic heterocycles. The summed E-state index contributed by atoms with van der Waals surface area (Å²) in [4.78, 5) is 11.3. The summed E-state index contributed by atoms with van der Waals surface area (Å²) in [5.74, 6) is 0. The molecule has 18 heavy (non-hydrogen) atoms. The molecule has 0 aliphatic rings. The first-order chi connectivity index (χ1) is 8.58. The maximum Gasteiger partial charge on any atom is 0.407 e. The third-order valence-electron chi connectivity index (χ3n) is 2.37. The molecular weight excluding hydrogens is 242 g/mol. The maximum absolute atomic E-state index is 12.6. The third kappa shape index (κ3) is 3.96. The third-order valence-corrected chi connectivity index (χ3v) is 2.37. The van der Waals surface area contributed by atoms with E-state index in [0.29, 0.717) is 5.56 Å². The Balaban J connectivity index is 2.81. The fraction of sp³-hybridized carbons (Fsp3) is 0.417. The minimum Gasteiger partial charge on any atom is -0.450 e. The highest BCUT2D eigenvalue weighted by atomic mass is 19.3. The number of hydrogen-bond donors (Lipinski definition) is 2. The molecule has 0 saturated carbocycles. The number of amides is 1. The molecule has 100 valence electrons. The van der Waals surface area contributed by atoms with Gasteiger partial charge >= 0.3 is 6.09 Å². The number of rotatable bonds is 5. The molecule has 0 fully saturated rings. The Kier molecular flexibility index (Phi) is 5.51. The van der Waals surface area contributed by atoms with Crippen molar-refractivity contribution in [1.29, 1.82) is 0 Å². The van der Waals surface area contributed by atoms with Crippen molar-refractivity contribution in [2.24, 2.45) is 5.73 Å². The number of ether oxygens (including phenoxy) is 1. The van der Waals surface area contributed by atoms with Crippen LogP contribution in [0.5, 0.6) is 0 Å². The van der Waals surface area contributed by atoms with Gasteiger partial charge < -0.3 is 15.8 Å². The van der Waals surface area contributed by atoms with E-state index < -0.39 is 18.6 Å². The summed E-state index contributed by atoms with van der Waals surface area (Å²) in [7, 11) is 0. The second-order valence-electron chi connectivity index (χ2n) is 3.62. The summed E-state index contributed by atoms with van der Waals surface area (Å²) in [6.07, 6.45) is -3.17. The molecule has 1 atom stereocenters. The minimum absolute atomic E-state index is 0.100. The van der Waals surface area contributed by atoms with E-state index >= 15 is 0 Å². The summed E-state index contributed by atoms with van der Waals surface area (Å²) >= 11 is 0. The molecule has 1 amide bonds. The minimum atomic E-state index is -2.55. The van der Waals surface area contributed by atoms with E-state index in [2.05, 4.69) is 5.32 Å². The van der Waals surface area contributed by atoms with Crippen molar-refractivity contribution in [3.05, 3.63) is 35.4 Å². The largest absolute Gasteiger partial charge is 0.450 e. The standard InChI is InChI=1S/C12H16F2N2O2/c1-2-18-12(17)16-10(7-15)8-4-3-5-9(6-8)11(13)14/h3-6,10-11H,2,7,15H2,1H3,(H,16,17). The van der Waals surface area contributed by atoms with Gasteiger partial charge in [-0.2, -0.15) is 0 Å². The van der Waals surface area contributed by atoms with Gasteiger partial charge in [-0.1, -0.05) is 18.2 Å². The molecule has 0 aliphatic carbocycles. The summed E-state index contributed by atoms with van der Waals surface area (Å²) in [5.41, 5.74) is 5.95. The van der Waals surface area contributed by atoms with Crippen LogP contribution in [0.15, 0.2) is 24.3 Å². The van der Waals surface area contributed by atoms with Crippen LogP contribution in [0, 0.1) is 0 Å². The lowest BCUT2D eigenvalue weighted by atomic mass is 10.0. The number of benzene rings is 1. The van der Waals surface area contributed by atoms with Crippen LogP contribution in [0.25, 0.3) is 0 Å². The Bertz CT molecular complexity index is 399. The molecule has 4 nitrogen and oxygen atoms in total. The van der Waals surface area contributed by atoms with E-state index in [-0.39, 0.29) is 18.7 Å². The van der Waals surface area contributed by atoms with Gasteiger partial charge in [-0.05, 0) is 18.6 Å². The molecule has 1 unspecified atom stereocenters. The summed E-state index contributed by atoms with van der Waals surface area (Å²) in [6.45, 7) is 2.01. The Morgan fingerprint density at radius 1 is 1.44 bits per heavy atom. The van der Waals surface area contributed by atoms with Crippen LogP contribution >= 0.6 is 0 Å². The van der Waals surface area contributed by atoms with Gasteiger partial charge in [-0.25, -0.2) is 13.6 Å². The van der Waals surface area contributed by atoms with Crippen molar-refractivity contribution < 1.29 is 18.3 Å². The zero-order valence-corrected chi connectivity index (χ0v) is 10.0. The van der Waals surface area contributed by atoms with Crippen molar-refractivity contribution in [3.63, 3.8) is 0 Å². The topological polar surface area (TPSA) is 64.3 Å². The van der Waals surface area contributed by atoms with Crippen LogP contribution in [-0.4, -0.2) is 19.2 Å². The van der Waals surface area contributed by atoms with Crippen LogP contribution in [0.2, 0.25) is 0 Å². The first-order valence-corrected chi connectivity index (χ1v) is 5.59. The number of halogens is 2. The highest BCUT2D eigenvalue weighted by molar-refractivity contribution is 5.67. The zero-order valence-electron chi connectivity index (χ0n) is 10.0. The Hall–Kier alpha value is -1.69. The highest BCUT2D eigenvalue weighted by Gasteiger charge is 2.15. The molecule has 6 heteroatoms. The maximum atomic E-state index is 12.6. The van der Waals surface area contributed by atoms with E-state index in [4.69, 9.17) is 10.5 Å². The lowest BCUT2D eigenvalue weighted by molar-refractivity contribution is 0.148. The van der Waals surface area contributed by atoms with E-state index in [1.54, 1.807) is 13.0 Å². The molecule has 1 aromatic carbocycles. The second kappa shape index (κ2) is 6.90. The van der Waals surface area contributed by atoms with Gasteiger partial charge in [0.1, 0.15) is 0 Å². The number of alkyl halides is 2. The average molecular weight is 258 g/mol. The van der Waals surface area contributed by atoms with E-state index in [9.17, 15) is 13.6 Å². The molecule has 0 spiro atoms. The Morgan fingerprint density at radius 3 is 2.67 bits per heavy atom. The van der Waals surface area contributed by atoms with Crippen molar-refractivity contribution in [2.75, 3.05) is 13.2 Å². The van der Waals surface area contributed by atoms with Gasteiger partial charge in [0.05, 0.1) is 12.6 Å². The normalized spacial score (nSPS) is 12.3. The monoisotopic (exact) mass is 258 g/mol. The molecule has 0 heterocycles. The van der Waals surface area contributed by atoms with E-state index in [0.717, 1.165) is 0 Å². The van der Waals surface area contributed by atoms with Crippen LogP contribution in [0.3, 0.4) is 0 Å². The van der Waals surface area contributed by atoms with Gasteiger partial charge in [-0.15, -0.1) is 0 Å². The van der Waals surface area contributed by atoms with Gasteiger partial charge in [0.25, 0.3) is 6.43 Å². The first-order valence-electron chi connectivity index (χ1n) is 5.59. The number of carbonyl (C=O) groups is 1. The molecular formula is C12H16F2N2O2. The van der Waals surface area contributed by atoms with Crippen LogP contribution in [0.4, 0.5) is 13.6 Å². The van der Waals surface area contributed by atoms with Crippen molar-refractivity contribution in [1.82, 2.24) is 5.32 Å². The van der Waals surface area contributed by atoms with Gasteiger partial charge in [0.15, 0.2) is 0 Å². The van der Waals surface area contributed by atoms with Gasteiger partial charge in [0, 0.05) is 12.1 Å². The fourth-order valence-electron chi connectivity index (χ4n) is 1.50. The molecule has 3 N–H and O–H groups in total. The number of nitrogens with two attached hydrogens (primary N) is 1. The SMILES string of the molecule is CCOC(=O)NC(CN)c1cccc(C(F)F)c1. The van der Waals surface area contributed by atoms with Gasteiger partial charge in [0.2, 0.25) is 0 Å². The number of hydrogen-bond acceptors (Lipinski definition) is 3. The Labute approximate surface area is 104 Å². The molecule has 1 rings (SSSR count). The summed E-state index contributed by atoms with van der Waals surface area (Å²) in [6, 6.07) is 5.26. The predicted octanol–water partition coefficient (Wildman–Crippen LogP) is 2.37. The molecule has 0 saturated heterocycles. The van der Waals surface area contributed by atoms with E-state index in [1.165, 1.54) is 18.2 Å². The van der Waals surface area contributed by atoms with Gasteiger partial charge in [-0.3, -0.25) is 0 Å². The molecule has 0 bridgehead atoms. The van der Waals surface area contributed by atoms with Crippen molar-refractivity contribution in [2.45, 2.75) is 19.4 Å². The summed E-state index contributed by atoms with van der Waals surface area (Å²) < 4.78 is 29.8. The average Bonchev–Trinajstić information content (AvgIpc) is 2.36. The first kappa shape index (κ1) is 14.4. The summed E-state index contributed by atoms with van der Waals surface area (Å²) in [5, 5.41) is 2.52. The number of carbonyl (C=O) groups excluding carboxylic acids is 1. The van der Waals surface area contributed by atoms with Crippen LogP contribution in [0.1, 0.15) is 30.5 Å². The Morgan fingerprint density at radius 2 is 2.11 bits per heavy atom. The lowest BCUT2D eigenvalue weighted by Gasteiger charge is -2.17. The van der Waals surface area contributed by atoms with Crippen LogP contribution in [-0.2, 0) is 4.74 Å².